The van der Waals surface area contributed by atoms with E-state index >= 15 is 0 Å². The first-order valence-corrected chi connectivity index (χ1v) is 9.06. The number of hydrogen-bond acceptors (Lipinski definition) is 5. The SMILES string of the molecule is O=[N+]([O-])c1ccc(/C=c2/c(O)c3ccccc3c3c2=Nc2ccccc2N3)cc1. The highest BCUT2D eigenvalue weighted by Gasteiger charge is 2.17. The molecular weight excluding hydrogens is 366 g/mol. The molecule has 0 radical (unpaired) electrons. The minimum atomic E-state index is -0.435. The van der Waals surface area contributed by atoms with Crippen LogP contribution < -0.4 is 15.9 Å². The Morgan fingerprint density at radius 3 is 2.38 bits per heavy atom. The van der Waals surface area contributed by atoms with Crippen LogP contribution in [0.3, 0.4) is 0 Å². The summed E-state index contributed by atoms with van der Waals surface area (Å²) in [7, 11) is 0. The molecule has 5 rings (SSSR count). The van der Waals surface area contributed by atoms with Crippen LogP contribution in [0, 0.1) is 10.1 Å². The zero-order valence-electron chi connectivity index (χ0n) is 15.2. The number of nitrogens with zero attached hydrogens (tertiary/aromatic N) is 2. The maximum atomic E-state index is 11.0. The van der Waals surface area contributed by atoms with Crippen molar-refractivity contribution in [3.8, 4) is 5.75 Å². The molecule has 0 saturated heterocycles. The summed E-state index contributed by atoms with van der Waals surface area (Å²) in [4.78, 5) is 15.3. The van der Waals surface area contributed by atoms with Gasteiger partial charge >= 0.3 is 0 Å². The van der Waals surface area contributed by atoms with Crippen molar-refractivity contribution in [1.82, 2.24) is 0 Å². The fourth-order valence-electron chi connectivity index (χ4n) is 3.60. The van der Waals surface area contributed by atoms with E-state index in [4.69, 9.17) is 4.99 Å². The molecule has 0 spiro atoms. The molecule has 0 saturated carbocycles. The molecule has 0 aliphatic carbocycles. The second kappa shape index (κ2) is 6.45. The van der Waals surface area contributed by atoms with Crippen LogP contribution in [0.2, 0.25) is 0 Å². The summed E-state index contributed by atoms with van der Waals surface area (Å²) in [5.74, 6) is 0.127. The Hall–Kier alpha value is -4.19. The van der Waals surface area contributed by atoms with E-state index in [2.05, 4.69) is 5.32 Å². The van der Waals surface area contributed by atoms with Crippen molar-refractivity contribution in [3.05, 3.63) is 99.1 Å². The smallest absolute Gasteiger partial charge is 0.269 e. The molecule has 1 aliphatic rings. The maximum Gasteiger partial charge on any atom is 0.269 e. The average Bonchev–Trinajstić information content (AvgIpc) is 2.76. The van der Waals surface area contributed by atoms with Gasteiger partial charge in [-0.1, -0.05) is 36.4 Å². The number of anilines is 2. The van der Waals surface area contributed by atoms with E-state index in [1.165, 1.54) is 12.1 Å². The number of benzene rings is 4. The summed E-state index contributed by atoms with van der Waals surface area (Å²) in [5.41, 5.74) is 3.26. The van der Waals surface area contributed by atoms with Gasteiger partial charge in [0.2, 0.25) is 0 Å². The van der Waals surface area contributed by atoms with Crippen molar-refractivity contribution < 1.29 is 10.0 Å². The fourth-order valence-corrected chi connectivity index (χ4v) is 3.60. The molecule has 0 bridgehead atoms. The minimum absolute atomic E-state index is 0.0205. The summed E-state index contributed by atoms with van der Waals surface area (Å²) in [5, 5.41) is 28.2. The highest BCUT2D eigenvalue weighted by molar-refractivity contribution is 6.00. The number of para-hydroxylation sites is 2. The van der Waals surface area contributed by atoms with Crippen LogP contribution in [-0.4, -0.2) is 10.0 Å². The summed E-state index contributed by atoms with van der Waals surface area (Å²) < 4.78 is 0. The molecule has 6 nitrogen and oxygen atoms in total. The predicted octanol–water partition coefficient (Wildman–Crippen LogP) is 4.29. The lowest BCUT2D eigenvalue weighted by Gasteiger charge is -2.18. The number of fused-ring (bicyclic) bond motifs is 4. The molecule has 4 aromatic carbocycles. The minimum Gasteiger partial charge on any atom is -0.507 e. The van der Waals surface area contributed by atoms with Crippen LogP contribution in [0.25, 0.3) is 16.8 Å². The summed E-state index contributed by atoms with van der Waals surface area (Å²) in [6.07, 6.45) is 1.80. The summed E-state index contributed by atoms with van der Waals surface area (Å²) in [6, 6.07) is 21.5. The molecule has 0 amide bonds. The van der Waals surface area contributed by atoms with E-state index in [1.807, 2.05) is 48.5 Å². The molecule has 0 fully saturated rings. The third-order valence-corrected chi connectivity index (χ3v) is 5.01. The normalized spacial score (nSPS) is 12.6. The monoisotopic (exact) mass is 381 g/mol. The second-order valence-electron chi connectivity index (χ2n) is 6.78. The second-order valence-corrected chi connectivity index (χ2v) is 6.78. The van der Waals surface area contributed by atoms with Crippen LogP contribution in [0.4, 0.5) is 22.7 Å². The van der Waals surface area contributed by atoms with Crippen LogP contribution in [0.1, 0.15) is 5.56 Å². The van der Waals surface area contributed by atoms with Gasteiger partial charge in [-0.15, -0.1) is 0 Å². The summed E-state index contributed by atoms with van der Waals surface area (Å²) >= 11 is 0. The van der Waals surface area contributed by atoms with E-state index < -0.39 is 4.92 Å². The first-order chi connectivity index (χ1) is 14.1. The van der Waals surface area contributed by atoms with Crippen molar-refractivity contribution >= 4 is 39.6 Å². The first kappa shape index (κ1) is 16.9. The lowest BCUT2D eigenvalue weighted by atomic mass is 10.0. The zero-order chi connectivity index (χ0) is 20.0. The topological polar surface area (TPSA) is 87.8 Å². The number of non-ortho nitro benzene ring substituents is 1. The molecule has 0 aromatic heterocycles. The third-order valence-electron chi connectivity index (χ3n) is 5.01. The molecule has 140 valence electrons. The Kier molecular flexibility index (Phi) is 3.77. The van der Waals surface area contributed by atoms with E-state index in [1.54, 1.807) is 18.2 Å². The van der Waals surface area contributed by atoms with Gasteiger partial charge in [0.15, 0.2) is 0 Å². The molecule has 1 aliphatic heterocycles. The molecule has 4 aromatic rings. The molecule has 1 heterocycles. The number of nitro benzene ring substituents is 1. The van der Waals surface area contributed by atoms with Gasteiger partial charge in [-0.05, 0) is 35.9 Å². The van der Waals surface area contributed by atoms with Crippen molar-refractivity contribution in [2.75, 3.05) is 5.32 Å². The lowest BCUT2D eigenvalue weighted by Crippen LogP contribution is -2.30. The number of phenolic OH excluding ortho intramolecular Hbond substituents is 1. The van der Waals surface area contributed by atoms with E-state index in [9.17, 15) is 15.2 Å². The van der Waals surface area contributed by atoms with E-state index in [-0.39, 0.29) is 11.4 Å². The van der Waals surface area contributed by atoms with Crippen LogP contribution >= 0.6 is 0 Å². The van der Waals surface area contributed by atoms with Gasteiger partial charge in [0.25, 0.3) is 5.69 Å². The number of aromatic hydroxyl groups is 1. The Labute approximate surface area is 165 Å². The predicted molar refractivity (Wildman–Crippen MR) is 112 cm³/mol. The number of rotatable bonds is 2. The molecule has 29 heavy (non-hydrogen) atoms. The standard InChI is InChI=1S/C23H15N3O3/c27-23-17-6-2-1-5-16(17)21-22(25-20-8-4-3-7-19(20)24-21)18(23)13-14-9-11-15(12-10-14)26(28)29/h1-13,24,27H/b18-13+. The highest BCUT2D eigenvalue weighted by atomic mass is 16.6. The Morgan fingerprint density at radius 2 is 1.62 bits per heavy atom. The molecule has 0 unspecified atom stereocenters. The van der Waals surface area contributed by atoms with Gasteiger partial charge in [0.1, 0.15) is 5.75 Å². The van der Waals surface area contributed by atoms with Gasteiger partial charge in [0, 0.05) is 28.1 Å². The number of nitrogens with one attached hydrogen (secondary N) is 1. The number of nitro groups is 1. The number of hydrogen-bond donors (Lipinski definition) is 2. The van der Waals surface area contributed by atoms with Crippen LogP contribution in [0.15, 0.2) is 77.8 Å². The van der Waals surface area contributed by atoms with Gasteiger partial charge in [-0.25, -0.2) is 4.99 Å². The van der Waals surface area contributed by atoms with Crippen molar-refractivity contribution in [2.24, 2.45) is 4.99 Å². The summed E-state index contributed by atoms with van der Waals surface area (Å²) in [6.45, 7) is 0. The molecule has 6 heteroatoms. The molecule has 2 N–H and O–H groups in total. The first-order valence-electron chi connectivity index (χ1n) is 9.06. The molecule has 0 atom stereocenters. The molecular formula is C23H15N3O3. The van der Waals surface area contributed by atoms with Crippen molar-refractivity contribution in [1.29, 1.82) is 0 Å². The Morgan fingerprint density at radius 1 is 0.931 bits per heavy atom. The van der Waals surface area contributed by atoms with Gasteiger partial charge < -0.3 is 10.4 Å². The van der Waals surface area contributed by atoms with Gasteiger partial charge in [-0.2, -0.15) is 0 Å². The lowest BCUT2D eigenvalue weighted by molar-refractivity contribution is -0.384. The third kappa shape index (κ3) is 2.78. The van der Waals surface area contributed by atoms with Crippen LogP contribution in [0.5, 0.6) is 5.75 Å². The van der Waals surface area contributed by atoms with E-state index in [0.29, 0.717) is 16.0 Å². The zero-order valence-corrected chi connectivity index (χ0v) is 15.2. The maximum absolute atomic E-state index is 11.0. The largest absolute Gasteiger partial charge is 0.507 e. The van der Waals surface area contributed by atoms with E-state index in [0.717, 1.165) is 28.0 Å². The Balaban J connectivity index is 1.86. The highest BCUT2D eigenvalue weighted by Crippen LogP contribution is 2.34. The van der Waals surface area contributed by atoms with Gasteiger partial charge in [0.05, 0.1) is 27.3 Å². The van der Waals surface area contributed by atoms with Crippen LogP contribution in [-0.2, 0) is 0 Å². The Bertz CT molecular complexity index is 1410. The van der Waals surface area contributed by atoms with Gasteiger partial charge in [-0.3, -0.25) is 10.1 Å². The van der Waals surface area contributed by atoms with Crippen molar-refractivity contribution in [2.45, 2.75) is 0 Å². The number of phenols is 1. The average molecular weight is 381 g/mol. The fraction of sp³-hybridized carbons (Fsp3) is 0. The van der Waals surface area contributed by atoms with Crippen molar-refractivity contribution in [3.63, 3.8) is 0 Å². The quantitative estimate of drug-likeness (QED) is 0.271.